The quantitative estimate of drug-likeness (QED) is 0.663. The molecular formula is C11H12FS. The van der Waals surface area contributed by atoms with E-state index in [1.54, 1.807) is 18.2 Å². The molecule has 0 amide bonds. The molecule has 0 spiro atoms. The van der Waals surface area contributed by atoms with Crippen LogP contribution in [-0.2, 0) is 0 Å². The topological polar surface area (TPSA) is 0 Å². The molecule has 69 valence electrons. The van der Waals surface area contributed by atoms with Gasteiger partial charge in [0.15, 0.2) is 0 Å². The smallest absolute Gasteiger partial charge is 0.140 e. The highest BCUT2D eigenvalue weighted by atomic mass is 32.2. The summed E-state index contributed by atoms with van der Waals surface area (Å²) in [5.74, 6) is 0.723. The minimum atomic E-state index is -0.146. The van der Waals surface area contributed by atoms with Crippen molar-refractivity contribution in [1.29, 1.82) is 0 Å². The predicted octanol–water partition coefficient (Wildman–Crippen LogP) is 3.68. The first-order valence-electron chi connectivity index (χ1n) is 3.99. The average Bonchev–Trinajstić information content (AvgIpc) is 2.17. The molecule has 1 radical (unpaired) electrons. The Morgan fingerprint density at radius 3 is 2.77 bits per heavy atom. The van der Waals surface area contributed by atoms with Crippen molar-refractivity contribution in [2.24, 2.45) is 0 Å². The monoisotopic (exact) mass is 195 g/mol. The Bertz CT molecular complexity index is 307. The Balaban J connectivity index is 3.14. The van der Waals surface area contributed by atoms with Crippen LogP contribution < -0.4 is 0 Å². The van der Waals surface area contributed by atoms with Crippen LogP contribution in [0.15, 0.2) is 35.7 Å². The lowest BCUT2D eigenvalue weighted by Crippen LogP contribution is -1.95. The van der Waals surface area contributed by atoms with E-state index in [0.717, 1.165) is 5.92 Å². The van der Waals surface area contributed by atoms with Gasteiger partial charge < -0.3 is 0 Å². The van der Waals surface area contributed by atoms with Crippen LogP contribution in [0.3, 0.4) is 0 Å². The minimum absolute atomic E-state index is 0.146. The maximum absolute atomic E-state index is 13.6. The zero-order valence-corrected chi connectivity index (χ0v) is 8.62. The minimum Gasteiger partial charge on any atom is -0.205 e. The van der Waals surface area contributed by atoms with Gasteiger partial charge in [0, 0.05) is 10.8 Å². The van der Waals surface area contributed by atoms with E-state index in [-0.39, 0.29) is 5.82 Å². The predicted molar refractivity (Wildman–Crippen MR) is 56.4 cm³/mol. The molecular weight excluding hydrogens is 183 g/mol. The Hall–Kier alpha value is -0.760. The van der Waals surface area contributed by atoms with Gasteiger partial charge in [-0.3, -0.25) is 0 Å². The van der Waals surface area contributed by atoms with Gasteiger partial charge in [0.2, 0.25) is 0 Å². The molecule has 0 N–H and O–H groups in total. The number of allylic oxidation sites excluding steroid dienone is 1. The zero-order chi connectivity index (χ0) is 9.84. The highest BCUT2D eigenvalue weighted by molar-refractivity contribution is 7.98. The van der Waals surface area contributed by atoms with Crippen LogP contribution in [0.5, 0.6) is 0 Å². The van der Waals surface area contributed by atoms with E-state index in [1.807, 2.05) is 19.2 Å². The van der Waals surface area contributed by atoms with Crippen molar-refractivity contribution in [3.05, 3.63) is 48.2 Å². The second kappa shape index (κ2) is 4.47. The van der Waals surface area contributed by atoms with Crippen LogP contribution in [0.25, 0.3) is 0 Å². The lowest BCUT2D eigenvalue weighted by atomic mass is 10.0. The summed E-state index contributed by atoms with van der Waals surface area (Å²) >= 11 is 1.41. The fourth-order valence-electron chi connectivity index (χ4n) is 1.08. The number of halogens is 1. The van der Waals surface area contributed by atoms with Crippen molar-refractivity contribution < 1.29 is 4.39 Å². The zero-order valence-electron chi connectivity index (χ0n) is 7.80. The summed E-state index contributed by atoms with van der Waals surface area (Å²) in [6.07, 6.45) is 3.54. The third-order valence-electron chi connectivity index (χ3n) is 1.91. The molecule has 0 fully saturated rings. The fraction of sp³-hybridized carbons (Fsp3) is 0.182. The Labute approximate surface area is 82.9 Å². The molecule has 0 aliphatic heterocycles. The molecule has 0 saturated carbocycles. The van der Waals surface area contributed by atoms with Crippen molar-refractivity contribution in [3.8, 4) is 0 Å². The second-order valence-electron chi connectivity index (χ2n) is 2.71. The molecule has 13 heavy (non-hydrogen) atoms. The average molecular weight is 195 g/mol. The van der Waals surface area contributed by atoms with Gasteiger partial charge in [-0.1, -0.05) is 25.1 Å². The van der Waals surface area contributed by atoms with Gasteiger partial charge in [0.05, 0.1) is 0 Å². The molecule has 2 heteroatoms. The van der Waals surface area contributed by atoms with Crippen LogP contribution in [0, 0.1) is 11.7 Å². The van der Waals surface area contributed by atoms with E-state index < -0.39 is 0 Å². The maximum atomic E-state index is 13.6. The van der Waals surface area contributed by atoms with Gasteiger partial charge in [-0.25, -0.2) is 4.39 Å². The molecule has 0 saturated heterocycles. The van der Waals surface area contributed by atoms with Crippen LogP contribution in [0.1, 0.15) is 12.5 Å². The number of rotatable bonds is 3. The summed E-state index contributed by atoms with van der Waals surface area (Å²) in [4.78, 5) is 0.679. The summed E-state index contributed by atoms with van der Waals surface area (Å²) < 4.78 is 13.6. The standard InChI is InChI=1S/C11H12FS/c1-4-8(2)9-6-5-7-10(13-3)11(9)12/h4-7H,1H2,2-3H3. The lowest BCUT2D eigenvalue weighted by molar-refractivity contribution is 0.592. The normalized spacial score (nSPS) is 10.5. The van der Waals surface area contributed by atoms with E-state index in [9.17, 15) is 4.39 Å². The third-order valence-corrected chi connectivity index (χ3v) is 2.67. The van der Waals surface area contributed by atoms with Crippen LogP contribution in [-0.4, -0.2) is 6.26 Å². The Morgan fingerprint density at radius 2 is 2.23 bits per heavy atom. The molecule has 0 nitrogen and oxygen atoms in total. The van der Waals surface area contributed by atoms with E-state index in [1.165, 1.54) is 11.8 Å². The van der Waals surface area contributed by atoms with Gasteiger partial charge >= 0.3 is 0 Å². The lowest BCUT2D eigenvalue weighted by Gasteiger charge is -2.09. The molecule has 0 atom stereocenters. The molecule has 0 aliphatic carbocycles. The summed E-state index contributed by atoms with van der Waals surface area (Å²) in [7, 11) is 0. The molecule has 1 aromatic rings. The van der Waals surface area contributed by atoms with Gasteiger partial charge in [-0.2, -0.15) is 0 Å². The van der Waals surface area contributed by atoms with Crippen LogP contribution in [0.2, 0.25) is 0 Å². The van der Waals surface area contributed by atoms with Crippen LogP contribution >= 0.6 is 11.8 Å². The number of hydrogen-bond acceptors (Lipinski definition) is 1. The molecule has 1 rings (SSSR count). The first-order chi connectivity index (χ1) is 6.20. The fourth-order valence-corrected chi connectivity index (χ4v) is 1.59. The molecule has 0 aromatic heterocycles. The highest BCUT2D eigenvalue weighted by Gasteiger charge is 2.10. The van der Waals surface area contributed by atoms with E-state index in [0.29, 0.717) is 10.5 Å². The van der Waals surface area contributed by atoms with Crippen molar-refractivity contribution in [1.82, 2.24) is 0 Å². The Morgan fingerprint density at radius 1 is 1.54 bits per heavy atom. The van der Waals surface area contributed by atoms with Crippen LogP contribution in [0.4, 0.5) is 4.39 Å². The van der Waals surface area contributed by atoms with Crippen molar-refractivity contribution in [2.75, 3.05) is 6.26 Å². The molecule has 0 aliphatic rings. The second-order valence-corrected chi connectivity index (χ2v) is 3.56. The molecule has 0 bridgehead atoms. The highest BCUT2D eigenvalue weighted by Crippen LogP contribution is 2.26. The Kier molecular flexibility index (Phi) is 3.55. The third kappa shape index (κ3) is 2.13. The summed E-state index contributed by atoms with van der Waals surface area (Å²) in [6.45, 7) is 5.48. The number of benzene rings is 1. The van der Waals surface area contributed by atoms with E-state index >= 15 is 0 Å². The van der Waals surface area contributed by atoms with Crippen molar-refractivity contribution in [2.45, 2.75) is 11.8 Å². The first-order valence-corrected chi connectivity index (χ1v) is 5.22. The van der Waals surface area contributed by atoms with Gasteiger partial charge in [-0.05, 0) is 17.9 Å². The van der Waals surface area contributed by atoms with Crippen molar-refractivity contribution >= 4 is 11.8 Å². The summed E-state index contributed by atoms with van der Waals surface area (Å²) in [6, 6.07) is 5.41. The van der Waals surface area contributed by atoms with Gasteiger partial charge in [0.25, 0.3) is 0 Å². The summed E-state index contributed by atoms with van der Waals surface area (Å²) in [5, 5.41) is 0. The number of thioether (sulfide) groups is 1. The van der Waals surface area contributed by atoms with Crippen molar-refractivity contribution in [3.63, 3.8) is 0 Å². The largest absolute Gasteiger partial charge is 0.205 e. The first kappa shape index (κ1) is 10.3. The van der Waals surface area contributed by atoms with E-state index in [4.69, 9.17) is 0 Å². The number of hydrogen-bond donors (Lipinski definition) is 0. The van der Waals surface area contributed by atoms with E-state index in [2.05, 4.69) is 6.58 Å². The summed E-state index contributed by atoms with van der Waals surface area (Å²) in [5.41, 5.74) is 0.641. The SMILES string of the molecule is C=C[C](C)c1cccc(SC)c1F. The molecule has 1 aromatic carbocycles. The van der Waals surface area contributed by atoms with Gasteiger partial charge in [-0.15, -0.1) is 18.3 Å². The van der Waals surface area contributed by atoms with Gasteiger partial charge in [0.1, 0.15) is 5.82 Å². The maximum Gasteiger partial charge on any atom is 0.140 e. The molecule has 0 heterocycles. The molecule has 0 unspecified atom stereocenters.